The average molecular weight is 364 g/mol. The third kappa shape index (κ3) is 3.56. The van der Waals surface area contributed by atoms with Gasteiger partial charge in [-0.3, -0.25) is 9.59 Å². The number of hydrogen-bond acceptors (Lipinski definition) is 4. The molecule has 7 heteroatoms. The van der Waals surface area contributed by atoms with E-state index < -0.39 is 28.4 Å². The van der Waals surface area contributed by atoms with Crippen LogP contribution < -0.4 is 5.32 Å². The Labute approximate surface area is 148 Å². The lowest BCUT2D eigenvalue weighted by molar-refractivity contribution is -0.122. The van der Waals surface area contributed by atoms with E-state index >= 15 is 0 Å². The highest BCUT2D eigenvalue weighted by atomic mass is 32.2. The molecule has 1 saturated carbocycles. The van der Waals surface area contributed by atoms with E-state index in [1.807, 2.05) is 0 Å². The zero-order chi connectivity index (χ0) is 18.2. The van der Waals surface area contributed by atoms with Crippen LogP contribution in [0.1, 0.15) is 49.0 Å². The Bertz CT molecular complexity index is 790. The molecule has 0 bridgehead atoms. The Morgan fingerprint density at radius 1 is 1.24 bits per heavy atom. The molecule has 0 aromatic heterocycles. The minimum Gasteiger partial charge on any atom is -0.352 e. The molecule has 1 aliphatic carbocycles. The highest BCUT2D eigenvalue weighted by Crippen LogP contribution is 2.29. The number of fused-ring (bicyclic) bond motifs is 1. The number of nitrogens with one attached hydrogen (secondary N) is 1. The molecule has 0 spiro atoms. The second-order valence-corrected chi connectivity index (χ2v) is 9.06. The molecule has 1 N–H and O–H groups in total. The largest absolute Gasteiger partial charge is 0.352 e. The van der Waals surface area contributed by atoms with Gasteiger partial charge in [-0.2, -0.15) is 0 Å². The molecule has 0 unspecified atom stereocenters. The zero-order valence-electron chi connectivity index (χ0n) is 14.6. The summed E-state index contributed by atoms with van der Waals surface area (Å²) >= 11 is 0. The smallest absolute Gasteiger partial charge is 0.268 e. The van der Waals surface area contributed by atoms with Gasteiger partial charge in [0.15, 0.2) is 0 Å². The quantitative estimate of drug-likeness (QED) is 0.888. The first-order chi connectivity index (χ1) is 11.8. The van der Waals surface area contributed by atoms with Crippen LogP contribution in [0.3, 0.4) is 0 Å². The number of carbonyl (C=O) groups is 2. The Balaban J connectivity index is 1.73. The van der Waals surface area contributed by atoms with Gasteiger partial charge < -0.3 is 5.32 Å². The van der Waals surface area contributed by atoms with Crippen molar-refractivity contribution in [3.8, 4) is 0 Å². The molecule has 25 heavy (non-hydrogen) atoms. The number of amides is 2. The van der Waals surface area contributed by atoms with Crippen molar-refractivity contribution in [3.05, 3.63) is 35.4 Å². The van der Waals surface area contributed by atoms with E-state index in [0.29, 0.717) is 27.3 Å². The molecule has 6 nitrogen and oxygen atoms in total. The van der Waals surface area contributed by atoms with E-state index in [-0.39, 0.29) is 11.8 Å². The van der Waals surface area contributed by atoms with Gasteiger partial charge in [-0.25, -0.2) is 12.7 Å². The maximum atomic E-state index is 12.5. The SMILES string of the molecule is C[C@H]1[C@H](C)CCC[C@H]1NC(=O)CN1C(=O)c2ccccc2CS1(=O)=O. The van der Waals surface area contributed by atoms with Crippen molar-refractivity contribution in [1.29, 1.82) is 0 Å². The topological polar surface area (TPSA) is 83.6 Å². The maximum Gasteiger partial charge on any atom is 0.268 e. The first kappa shape index (κ1) is 17.9. The molecule has 1 aromatic carbocycles. The zero-order valence-corrected chi connectivity index (χ0v) is 15.4. The Hall–Kier alpha value is -1.89. The third-order valence-electron chi connectivity index (χ3n) is 5.49. The van der Waals surface area contributed by atoms with Crippen LogP contribution in [-0.2, 0) is 20.6 Å². The number of rotatable bonds is 3. The fourth-order valence-corrected chi connectivity index (χ4v) is 5.19. The molecule has 1 heterocycles. The molecule has 2 aliphatic rings. The molecule has 3 atom stereocenters. The summed E-state index contributed by atoms with van der Waals surface area (Å²) in [5.41, 5.74) is 0.837. The van der Waals surface area contributed by atoms with E-state index in [2.05, 4.69) is 19.2 Å². The van der Waals surface area contributed by atoms with E-state index in [9.17, 15) is 18.0 Å². The van der Waals surface area contributed by atoms with Crippen molar-refractivity contribution < 1.29 is 18.0 Å². The summed E-state index contributed by atoms with van der Waals surface area (Å²) in [6, 6.07) is 6.66. The number of sulfonamides is 1. The molecule has 1 fully saturated rings. The van der Waals surface area contributed by atoms with Crippen LogP contribution in [-0.4, -0.2) is 37.1 Å². The molecule has 1 aromatic rings. The van der Waals surface area contributed by atoms with Crippen molar-refractivity contribution in [2.45, 2.75) is 44.9 Å². The molecule has 3 rings (SSSR count). The molecule has 136 valence electrons. The van der Waals surface area contributed by atoms with Crippen LogP contribution >= 0.6 is 0 Å². The van der Waals surface area contributed by atoms with Crippen molar-refractivity contribution in [2.24, 2.45) is 11.8 Å². The van der Waals surface area contributed by atoms with Crippen molar-refractivity contribution in [3.63, 3.8) is 0 Å². The van der Waals surface area contributed by atoms with Gasteiger partial charge in [-0.15, -0.1) is 0 Å². The molecular weight excluding hydrogens is 340 g/mol. The fourth-order valence-electron chi connectivity index (χ4n) is 3.73. The van der Waals surface area contributed by atoms with Gasteiger partial charge in [0.25, 0.3) is 5.91 Å². The highest BCUT2D eigenvalue weighted by molar-refractivity contribution is 7.89. The van der Waals surface area contributed by atoms with E-state index in [4.69, 9.17) is 0 Å². The number of hydrogen-bond donors (Lipinski definition) is 1. The maximum absolute atomic E-state index is 12.5. The van der Waals surface area contributed by atoms with Gasteiger partial charge in [-0.1, -0.05) is 44.9 Å². The minimum absolute atomic E-state index is 0.0335. The first-order valence-electron chi connectivity index (χ1n) is 8.71. The van der Waals surface area contributed by atoms with Crippen molar-refractivity contribution >= 4 is 21.8 Å². The lowest BCUT2D eigenvalue weighted by Gasteiger charge is -2.35. The lowest BCUT2D eigenvalue weighted by Crippen LogP contribution is -2.51. The molecule has 0 saturated heterocycles. The van der Waals surface area contributed by atoms with Crippen LogP contribution in [0, 0.1) is 11.8 Å². The molecule has 1 aliphatic heterocycles. The van der Waals surface area contributed by atoms with Gasteiger partial charge in [0.2, 0.25) is 15.9 Å². The lowest BCUT2D eigenvalue weighted by atomic mass is 9.78. The average Bonchev–Trinajstić information content (AvgIpc) is 2.55. The highest BCUT2D eigenvalue weighted by Gasteiger charge is 2.37. The normalized spacial score (nSPS) is 28.3. The fraction of sp³-hybridized carbons (Fsp3) is 0.556. The second-order valence-electron chi connectivity index (χ2n) is 7.17. The van der Waals surface area contributed by atoms with Crippen LogP contribution in [0.5, 0.6) is 0 Å². The summed E-state index contributed by atoms with van der Waals surface area (Å²) in [5.74, 6) is -0.429. The third-order valence-corrected chi connectivity index (χ3v) is 7.13. The van der Waals surface area contributed by atoms with Gasteiger partial charge in [0, 0.05) is 11.6 Å². The molecule has 0 radical (unpaired) electrons. The summed E-state index contributed by atoms with van der Waals surface area (Å²) in [4.78, 5) is 25.0. The first-order valence-corrected chi connectivity index (χ1v) is 10.3. The second kappa shape index (κ2) is 6.78. The summed E-state index contributed by atoms with van der Waals surface area (Å²) in [6.45, 7) is 3.82. The Morgan fingerprint density at radius 2 is 1.96 bits per heavy atom. The van der Waals surface area contributed by atoms with Gasteiger partial charge in [0.1, 0.15) is 6.54 Å². The number of benzene rings is 1. The Morgan fingerprint density at radius 3 is 2.72 bits per heavy atom. The van der Waals surface area contributed by atoms with E-state index in [1.54, 1.807) is 24.3 Å². The predicted molar refractivity (Wildman–Crippen MR) is 94.2 cm³/mol. The van der Waals surface area contributed by atoms with Crippen molar-refractivity contribution in [2.75, 3.05) is 6.54 Å². The molecule has 2 amide bonds. The van der Waals surface area contributed by atoms with Crippen LogP contribution in [0.2, 0.25) is 0 Å². The standard InChI is InChI=1S/C18H24N2O4S/c1-12-6-5-9-16(13(12)2)19-17(21)10-20-18(22)15-8-4-3-7-14(15)11-25(20,23)24/h3-4,7-8,12-13,16H,5-6,9-11H2,1-2H3,(H,19,21)/t12-,13+,16-/m1/s1. The van der Waals surface area contributed by atoms with Gasteiger partial charge in [0.05, 0.1) is 5.75 Å². The Kier molecular flexibility index (Phi) is 4.86. The minimum atomic E-state index is -3.82. The van der Waals surface area contributed by atoms with Gasteiger partial charge in [-0.05, 0) is 29.9 Å². The van der Waals surface area contributed by atoms with Crippen LogP contribution in [0.25, 0.3) is 0 Å². The summed E-state index contributed by atoms with van der Waals surface area (Å²) in [6.07, 6.45) is 3.08. The van der Waals surface area contributed by atoms with Crippen LogP contribution in [0.4, 0.5) is 0 Å². The molecular formula is C18H24N2O4S. The summed E-state index contributed by atoms with van der Waals surface area (Å²) in [5, 5.41) is 2.93. The monoisotopic (exact) mass is 364 g/mol. The summed E-state index contributed by atoms with van der Waals surface area (Å²) < 4.78 is 25.6. The van der Waals surface area contributed by atoms with Gasteiger partial charge >= 0.3 is 0 Å². The summed E-state index contributed by atoms with van der Waals surface area (Å²) in [7, 11) is -3.82. The van der Waals surface area contributed by atoms with E-state index in [0.717, 1.165) is 19.3 Å². The predicted octanol–water partition coefficient (Wildman–Crippen LogP) is 1.91. The van der Waals surface area contributed by atoms with Crippen LogP contribution in [0.15, 0.2) is 24.3 Å². The number of carbonyl (C=O) groups excluding carboxylic acids is 2. The van der Waals surface area contributed by atoms with Crippen molar-refractivity contribution in [1.82, 2.24) is 9.62 Å². The number of nitrogens with zero attached hydrogens (tertiary/aromatic N) is 1. The van der Waals surface area contributed by atoms with E-state index in [1.165, 1.54) is 0 Å².